The molecule has 1 aliphatic carbocycles. The van der Waals surface area contributed by atoms with Crippen LogP contribution in [0.4, 0.5) is 5.69 Å². The van der Waals surface area contributed by atoms with Gasteiger partial charge in [-0.15, -0.1) is 0 Å². The summed E-state index contributed by atoms with van der Waals surface area (Å²) >= 11 is 0. The number of anilines is 1. The molecule has 0 bridgehead atoms. The Balaban J connectivity index is 1.57. The average molecular weight is 326 g/mol. The molecule has 2 aromatic rings. The molecule has 6 nitrogen and oxygen atoms in total. The maximum absolute atomic E-state index is 13.0. The lowest BCUT2D eigenvalue weighted by atomic mass is 10.1. The van der Waals surface area contributed by atoms with Crippen LogP contribution in [-0.4, -0.2) is 41.6 Å². The highest BCUT2D eigenvalue weighted by Gasteiger charge is 2.36. The van der Waals surface area contributed by atoms with E-state index in [9.17, 15) is 4.79 Å². The first-order chi connectivity index (χ1) is 11.6. The fourth-order valence-corrected chi connectivity index (χ4v) is 3.24. The Morgan fingerprint density at radius 2 is 2.12 bits per heavy atom. The summed E-state index contributed by atoms with van der Waals surface area (Å²) in [5, 5.41) is 4.10. The minimum Gasteiger partial charge on any atom is -0.378 e. The molecule has 1 aliphatic heterocycles. The van der Waals surface area contributed by atoms with Crippen molar-refractivity contribution in [2.24, 2.45) is 0 Å². The fraction of sp³-hybridized carbons (Fsp3) is 0.500. The number of likely N-dealkylation sites (tertiary alicyclic amines) is 1. The number of carbonyl (C=O) groups excluding carboxylic acids is 1. The van der Waals surface area contributed by atoms with Gasteiger partial charge in [-0.3, -0.25) is 4.79 Å². The molecule has 1 saturated carbocycles. The van der Waals surface area contributed by atoms with Gasteiger partial charge in [0.05, 0.1) is 0 Å². The third-order valence-electron chi connectivity index (χ3n) is 4.81. The van der Waals surface area contributed by atoms with Crippen LogP contribution >= 0.6 is 0 Å². The normalized spacial score (nSPS) is 20.4. The predicted octanol–water partition coefficient (Wildman–Crippen LogP) is 2.99. The van der Waals surface area contributed by atoms with E-state index < -0.39 is 0 Å². The molecule has 0 N–H and O–H groups in total. The zero-order valence-electron chi connectivity index (χ0n) is 14.1. The summed E-state index contributed by atoms with van der Waals surface area (Å²) in [7, 11) is 3.94. The molecule has 1 amide bonds. The zero-order valence-corrected chi connectivity index (χ0v) is 14.1. The largest absolute Gasteiger partial charge is 0.378 e. The molecule has 126 valence electrons. The molecule has 1 atom stereocenters. The number of rotatable bonds is 4. The summed E-state index contributed by atoms with van der Waals surface area (Å²) in [6.07, 6.45) is 4.13. The summed E-state index contributed by atoms with van der Waals surface area (Å²) < 4.78 is 5.46. The Bertz CT molecular complexity index is 751. The lowest BCUT2D eigenvalue weighted by Crippen LogP contribution is -2.30. The van der Waals surface area contributed by atoms with Crippen molar-refractivity contribution in [2.45, 2.75) is 37.6 Å². The van der Waals surface area contributed by atoms with Crippen LogP contribution < -0.4 is 4.90 Å². The van der Waals surface area contributed by atoms with Gasteiger partial charge in [0, 0.05) is 37.8 Å². The van der Waals surface area contributed by atoms with E-state index in [1.54, 1.807) is 0 Å². The number of hydrogen-bond donors (Lipinski definition) is 0. The van der Waals surface area contributed by atoms with E-state index in [4.69, 9.17) is 4.52 Å². The summed E-state index contributed by atoms with van der Waals surface area (Å²) in [5.74, 6) is 1.89. The van der Waals surface area contributed by atoms with Gasteiger partial charge in [0.15, 0.2) is 5.82 Å². The highest BCUT2D eigenvalue weighted by molar-refractivity contribution is 5.95. The summed E-state index contributed by atoms with van der Waals surface area (Å²) in [4.78, 5) is 21.4. The molecule has 0 spiro atoms. The molecule has 0 radical (unpaired) electrons. The van der Waals surface area contributed by atoms with Gasteiger partial charge >= 0.3 is 0 Å². The molecular weight excluding hydrogens is 304 g/mol. The minimum absolute atomic E-state index is 0.0346. The van der Waals surface area contributed by atoms with Crippen molar-refractivity contribution in [3.05, 3.63) is 41.5 Å². The second-order valence-electron chi connectivity index (χ2n) is 6.87. The zero-order chi connectivity index (χ0) is 16.7. The smallest absolute Gasteiger partial charge is 0.254 e. The number of nitrogens with zero attached hydrogens (tertiary/aromatic N) is 4. The van der Waals surface area contributed by atoms with Gasteiger partial charge in [-0.2, -0.15) is 4.98 Å². The standard InChI is InChI=1S/C18H22N4O2/c1-21(2)14-6-3-5-13(11-14)18(23)22-10-4-7-15(22)17-19-16(20-24-17)12-8-9-12/h3,5-6,11-12,15H,4,7-10H2,1-2H3. The van der Waals surface area contributed by atoms with Gasteiger partial charge in [-0.05, 0) is 43.9 Å². The number of aromatic nitrogens is 2. The van der Waals surface area contributed by atoms with E-state index in [1.165, 1.54) is 0 Å². The third-order valence-corrected chi connectivity index (χ3v) is 4.81. The molecule has 1 aromatic carbocycles. The van der Waals surface area contributed by atoms with Crippen molar-refractivity contribution in [3.8, 4) is 0 Å². The van der Waals surface area contributed by atoms with Crippen molar-refractivity contribution in [1.82, 2.24) is 15.0 Å². The minimum atomic E-state index is -0.0967. The molecule has 2 fully saturated rings. The van der Waals surface area contributed by atoms with E-state index in [2.05, 4.69) is 10.1 Å². The number of carbonyl (C=O) groups is 1. The first-order valence-corrected chi connectivity index (χ1v) is 8.55. The van der Waals surface area contributed by atoms with Crippen LogP contribution in [0.5, 0.6) is 0 Å². The summed E-state index contributed by atoms with van der Waals surface area (Å²) in [5.41, 5.74) is 1.72. The summed E-state index contributed by atoms with van der Waals surface area (Å²) in [6.45, 7) is 0.733. The van der Waals surface area contributed by atoms with Crippen LogP contribution in [0.2, 0.25) is 0 Å². The van der Waals surface area contributed by atoms with Gasteiger partial charge in [-0.1, -0.05) is 11.2 Å². The maximum Gasteiger partial charge on any atom is 0.254 e. The van der Waals surface area contributed by atoms with Gasteiger partial charge in [0.25, 0.3) is 5.91 Å². The second-order valence-corrected chi connectivity index (χ2v) is 6.87. The monoisotopic (exact) mass is 326 g/mol. The van der Waals surface area contributed by atoms with Crippen LogP contribution in [0.25, 0.3) is 0 Å². The quantitative estimate of drug-likeness (QED) is 0.864. The van der Waals surface area contributed by atoms with Crippen molar-refractivity contribution in [3.63, 3.8) is 0 Å². The number of hydrogen-bond acceptors (Lipinski definition) is 5. The molecule has 4 rings (SSSR count). The highest BCUT2D eigenvalue weighted by atomic mass is 16.5. The Labute approximate surface area is 141 Å². The van der Waals surface area contributed by atoms with Crippen LogP contribution in [0.1, 0.15) is 59.7 Å². The highest BCUT2D eigenvalue weighted by Crippen LogP contribution is 2.40. The first kappa shape index (κ1) is 15.2. The molecule has 1 unspecified atom stereocenters. The molecule has 1 aromatic heterocycles. The fourth-order valence-electron chi connectivity index (χ4n) is 3.24. The lowest BCUT2D eigenvalue weighted by Gasteiger charge is -2.22. The third kappa shape index (κ3) is 2.77. The molecule has 1 saturated heterocycles. The van der Waals surface area contributed by atoms with E-state index in [-0.39, 0.29) is 11.9 Å². The van der Waals surface area contributed by atoms with Crippen LogP contribution in [0, 0.1) is 0 Å². The molecule has 24 heavy (non-hydrogen) atoms. The van der Waals surface area contributed by atoms with Gasteiger partial charge in [0.1, 0.15) is 6.04 Å². The Kier molecular flexibility index (Phi) is 3.75. The van der Waals surface area contributed by atoms with Crippen molar-refractivity contribution in [2.75, 3.05) is 25.5 Å². The van der Waals surface area contributed by atoms with Gasteiger partial charge in [0.2, 0.25) is 5.89 Å². The maximum atomic E-state index is 13.0. The Morgan fingerprint density at radius 3 is 2.88 bits per heavy atom. The molecule has 6 heteroatoms. The number of benzene rings is 1. The van der Waals surface area contributed by atoms with Crippen molar-refractivity contribution < 1.29 is 9.32 Å². The van der Waals surface area contributed by atoms with Gasteiger partial charge < -0.3 is 14.3 Å². The number of amides is 1. The van der Waals surface area contributed by atoms with E-state index in [0.29, 0.717) is 17.4 Å². The van der Waals surface area contributed by atoms with Crippen molar-refractivity contribution in [1.29, 1.82) is 0 Å². The molecular formula is C18H22N4O2. The SMILES string of the molecule is CN(C)c1cccc(C(=O)N2CCCC2c2nc(C3CC3)no2)c1. The van der Waals surface area contributed by atoms with Crippen LogP contribution in [0.3, 0.4) is 0 Å². The molecule has 2 heterocycles. The van der Waals surface area contributed by atoms with Crippen LogP contribution in [-0.2, 0) is 0 Å². The second kappa shape index (κ2) is 5.92. The van der Waals surface area contributed by atoms with E-state index >= 15 is 0 Å². The Hall–Kier alpha value is -2.37. The van der Waals surface area contributed by atoms with Gasteiger partial charge in [-0.25, -0.2) is 0 Å². The Morgan fingerprint density at radius 1 is 1.29 bits per heavy atom. The van der Waals surface area contributed by atoms with Crippen LogP contribution in [0.15, 0.2) is 28.8 Å². The van der Waals surface area contributed by atoms with E-state index in [1.807, 2.05) is 48.2 Å². The first-order valence-electron chi connectivity index (χ1n) is 8.55. The lowest BCUT2D eigenvalue weighted by molar-refractivity contribution is 0.0710. The predicted molar refractivity (Wildman–Crippen MR) is 90.1 cm³/mol. The van der Waals surface area contributed by atoms with E-state index in [0.717, 1.165) is 43.7 Å². The average Bonchev–Trinajstić information content (AvgIpc) is 3.12. The van der Waals surface area contributed by atoms with Crippen molar-refractivity contribution >= 4 is 11.6 Å². The summed E-state index contributed by atoms with van der Waals surface area (Å²) in [6, 6.07) is 7.62. The molecule has 2 aliphatic rings. The topological polar surface area (TPSA) is 62.5 Å².